The van der Waals surface area contributed by atoms with Gasteiger partial charge in [0.1, 0.15) is 10.7 Å². The minimum atomic E-state index is -0.647. The average molecular weight is 583 g/mol. The van der Waals surface area contributed by atoms with Crippen LogP contribution in [0.1, 0.15) is 34.6 Å². The van der Waals surface area contributed by atoms with Crippen molar-refractivity contribution < 1.29 is 23.9 Å². The summed E-state index contributed by atoms with van der Waals surface area (Å²) in [5.74, 6) is -2.11. The number of carbonyl (C=O) groups excluding carboxylic acids is 4. The molecule has 0 spiro atoms. The number of esters is 1. The Hall–Kier alpha value is -3.95. The number of imide groups is 1. The molecule has 1 aliphatic rings. The van der Waals surface area contributed by atoms with Crippen LogP contribution in [0.25, 0.3) is 0 Å². The molecule has 1 heterocycles. The fraction of sp³-hybridized carbons (Fsp3) is 0.111. The van der Waals surface area contributed by atoms with Gasteiger partial charge in [0.15, 0.2) is 0 Å². The van der Waals surface area contributed by atoms with Crippen molar-refractivity contribution in [3.63, 3.8) is 0 Å². The van der Waals surface area contributed by atoms with E-state index in [0.29, 0.717) is 28.2 Å². The molecule has 0 aliphatic carbocycles. The number of nitrogens with one attached hydrogen (secondary N) is 2. The molecule has 8 nitrogen and oxygen atoms in total. The first-order valence-electron chi connectivity index (χ1n) is 11.2. The van der Waals surface area contributed by atoms with Crippen LogP contribution in [0.5, 0.6) is 0 Å². The topological polar surface area (TPSA) is 105 Å². The first kappa shape index (κ1) is 26.1. The fourth-order valence-electron chi connectivity index (χ4n) is 3.49. The van der Waals surface area contributed by atoms with E-state index in [1.165, 1.54) is 6.07 Å². The van der Waals surface area contributed by atoms with Gasteiger partial charge in [-0.25, -0.2) is 9.69 Å². The standard InChI is InChI=1S/C27H21BrClN3O5/c1-15(2)37-27(36)16-6-10-19(11-7-16)31-24(33)17-4-3-5-20(14-17)30-23-22(29)25(34)32(26(23)35)21-12-8-18(28)9-13-21/h3-15,30H,1-2H3,(H,31,33). The Bertz CT molecular complexity index is 1420. The molecule has 0 fully saturated rings. The third-order valence-corrected chi connectivity index (χ3v) is 6.11. The van der Waals surface area contributed by atoms with Crippen LogP contribution in [-0.2, 0) is 14.3 Å². The maximum absolute atomic E-state index is 13.0. The molecule has 2 N–H and O–H groups in total. The lowest BCUT2D eigenvalue weighted by atomic mass is 10.1. The number of anilines is 3. The summed E-state index contributed by atoms with van der Waals surface area (Å²) in [4.78, 5) is 51.4. The maximum Gasteiger partial charge on any atom is 0.338 e. The van der Waals surface area contributed by atoms with E-state index >= 15 is 0 Å². The molecule has 0 bridgehead atoms. The molecule has 0 aromatic heterocycles. The smallest absolute Gasteiger partial charge is 0.338 e. The number of halogens is 2. The van der Waals surface area contributed by atoms with E-state index in [4.69, 9.17) is 16.3 Å². The summed E-state index contributed by atoms with van der Waals surface area (Å²) in [5.41, 5.74) is 1.84. The van der Waals surface area contributed by atoms with Crippen LogP contribution in [0.3, 0.4) is 0 Å². The van der Waals surface area contributed by atoms with Crippen LogP contribution in [-0.4, -0.2) is 29.8 Å². The Labute approximate surface area is 226 Å². The van der Waals surface area contributed by atoms with E-state index < -0.39 is 23.7 Å². The summed E-state index contributed by atoms with van der Waals surface area (Å²) in [6, 6.07) is 19.4. The van der Waals surface area contributed by atoms with Crippen LogP contribution in [0, 0.1) is 0 Å². The minimum absolute atomic E-state index is 0.0870. The lowest BCUT2D eigenvalue weighted by Gasteiger charge is -2.15. The normalized spacial score (nSPS) is 13.3. The maximum atomic E-state index is 13.0. The van der Waals surface area contributed by atoms with Crippen LogP contribution in [0.15, 0.2) is 88.0 Å². The highest BCUT2D eigenvalue weighted by atomic mass is 79.9. The number of carbonyl (C=O) groups is 4. The largest absolute Gasteiger partial charge is 0.459 e. The number of nitrogens with zero attached hydrogens (tertiary/aromatic N) is 1. The van der Waals surface area contributed by atoms with E-state index in [1.54, 1.807) is 80.6 Å². The van der Waals surface area contributed by atoms with Gasteiger partial charge in [0.25, 0.3) is 17.7 Å². The van der Waals surface area contributed by atoms with Crippen molar-refractivity contribution in [2.45, 2.75) is 20.0 Å². The summed E-state index contributed by atoms with van der Waals surface area (Å²) in [6.45, 7) is 3.53. The first-order chi connectivity index (χ1) is 17.6. The lowest BCUT2D eigenvalue weighted by molar-refractivity contribution is -0.120. The average Bonchev–Trinajstić information content (AvgIpc) is 3.08. The molecule has 188 valence electrons. The van der Waals surface area contributed by atoms with Crippen LogP contribution in [0.4, 0.5) is 17.1 Å². The quantitative estimate of drug-likeness (QED) is 0.273. The number of hydrogen-bond acceptors (Lipinski definition) is 6. The molecule has 4 rings (SSSR count). The summed E-state index contributed by atoms with van der Waals surface area (Å²) in [7, 11) is 0. The molecule has 3 aromatic rings. The van der Waals surface area contributed by atoms with Crippen molar-refractivity contribution in [3.8, 4) is 0 Å². The van der Waals surface area contributed by atoms with Gasteiger partial charge in [-0.05, 0) is 80.6 Å². The van der Waals surface area contributed by atoms with Gasteiger partial charge >= 0.3 is 5.97 Å². The van der Waals surface area contributed by atoms with E-state index in [0.717, 1.165) is 9.37 Å². The highest BCUT2D eigenvalue weighted by Gasteiger charge is 2.39. The van der Waals surface area contributed by atoms with Crippen molar-refractivity contribution in [2.24, 2.45) is 0 Å². The highest BCUT2D eigenvalue weighted by Crippen LogP contribution is 2.31. The fourth-order valence-corrected chi connectivity index (χ4v) is 3.97. The van der Waals surface area contributed by atoms with E-state index in [2.05, 4.69) is 26.6 Å². The molecule has 0 atom stereocenters. The summed E-state index contributed by atoms with van der Waals surface area (Å²) >= 11 is 9.52. The molecule has 0 unspecified atom stereocenters. The van der Waals surface area contributed by atoms with Crippen molar-refractivity contribution in [1.29, 1.82) is 0 Å². The Morgan fingerprint density at radius 1 is 0.892 bits per heavy atom. The number of benzene rings is 3. The van der Waals surface area contributed by atoms with Gasteiger partial charge < -0.3 is 15.4 Å². The Kier molecular flexibility index (Phi) is 7.75. The molecule has 0 saturated heterocycles. The zero-order chi connectivity index (χ0) is 26.7. The molecule has 3 amide bonds. The van der Waals surface area contributed by atoms with Gasteiger partial charge in [0.2, 0.25) is 0 Å². The SMILES string of the molecule is CC(C)OC(=O)c1ccc(NC(=O)c2cccc(NC3=C(Cl)C(=O)N(c4ccc(Br)cc4)C3=O)c2)cc1. The molecule has 37 heavy (non-hydrogen) atoms. The number of rotatable bonds is 7. The third kappa shape index (κ3) is 5.90. The summed E-state index contributed by atoms with van der Waals surface area (Å²) in [5, 5.41) is 5.37. The second-order valence-corrected chi connectivity index (χ2v) is 9.60. The van der Waals surface area contributed by atoms with E-state index in [-0.39, 0.29) is 16.8 Å². The third-order valence-electron chi connectivity index (χ3n) is 5.23. The van der Waals surface area contributed by atoms with Crippen LogP contribution >= 0.6 is 27.5 Å². The molecular formula is C27H21BrClN3O5. The van der Waals surface area contributed by atoms with Gasteiger partial charge in [-0.15, -0.1) is 0 Å². The minimum Gasteiger partial charge on any atom is -0.459 e. The van der Waals surface area contributed by atoms with Crippen molar-refractivity contribution in [3.05, 3.63) is 99.1 Å². The zero-order valence-corrected chi connectivity index (χ0v) is 22.1. The predicted octanol–water partition coefficient (Wildman–Crippen LogP) is 5.70. The van der Waals surface area contributed by atoms with Crippen molar-refractivity contribution in [1.82, 2.24) is 0 Å². The Morgan fingerprint density at radius 3 is 2.22 bits per heavy atom. The second-order valence-electron chi connectivity index (χ2n) is 8.30. The molecule has 0 saturated carbocycles. The zero-order valence-electron chi connectivity index (χ0n) is 19.7. The Morgan fingerprint density at radius 2 is 1.57 bits per heavy atom. The lowest BCUT2D eigenvalue weighted by Crippen LogP contribution is -2.32. The molecule has 3 aromatic carbocycles. The van der Waals surface area contributed by atoms with Crippen molar-refractivity contribution >= 4 is 68.3 Å². The molecule has 0 radical (unpaired) electrons. The van der Waals surface area contributed by atoms with Gasteiger partial charge in [-0.3, -0.25) is 14.4 Å². The molecule has 10 heteroatoms. The molecular weight excluding hydrogens is 562 g/mol. The highest BCUT2D eigenvalue weighted by molar-refractivity contribution is 9.10. The monoisotopic (exact) mass is 581 g/mol. The Balaban J connectivity index is 1.46. The predicted molar refractivity (Wildman–Crippen MR) is 145 cm³/mol. The number of ether oxygens (including phenoxy) is 1. The summed E-state index contributed by atoms with van der Waals surface area (Å²) < 4.78 is 5.95. The van der Waals surface area contributed by atoms with Crippen molar-refractivity contribution in [2.75, 3.05) is 15.5 Å². The first-order valence-corrected chi connectivity index (χ1v) is 12.3. The van der Waals surface area contributed by atoms with Gasteiger partial charge in [0.05, 0.1) is 17.4 Å². The summed E-state index contributed by atoms with van der Waals surface area (Å²) in [6.07, 6.45) is -0.236. The van der Waals surface area contributed by atoms with Crippen LogP contribution < -0.4 is 15.5 Å². The van der Waals surface area contributed by atoms with Gasteiger partial charge in [-0.1, -0.05) is 33.6 Å². The second kappa shape index (κ2) is 11.0. The van der Waals surface area contributed by atoms with Gasteiger partial charge in [-0.2, -0.15) is 0 Å². The van der Waals surface area contributed by atoms with Crippen LogP contribution in [0.2, 0.25) is 0 Å². The van der Waals surface area contributed by atoms with Gasteiger partial charge in [0, 0.05) is 21.4 Å². The van der Waals surface area contributed by atoms with E-state index in [9.17, 15) is 19.2 Å². The molecule has 1 aliphatic heterocycles. The number of hydrogen-bond donors (Lipinski definition) is 2. The number of amides is 3. The van der Waals surface area contributed by atoms with E-state index in [1.807, 2.05) is 0 Å².